The molecule has 6 nitrogen and oxygen atoms in total. The molecule has 13 heavy (non-hydrogen) atoms. The van der Waals surface area contributed by atoms with Crippen LogP contribution in [0, 0.1) is 20.2 Å². The fourth-order valence-electron chi connectivity index (χ4n) is 1.89. The number of nitro groups is 2. The van der Waals surface area contributed by atoms with Crippen LogP contribution < -0.4 is 0 Å². The van der Waals surface area contributed by atoms with Gasteiger partial charge in [0, 0.05) is 36.5 Å². The molecular weight excluding hydrogens is 176 g/mol. The molecular formula is C7H12N2O4. The van der Waals surface area contributed by atoms with Crippen molar-refractivity contribution in [3.05, 3.63) is 20.2 Å². The van der Waals surface area contributed by atoms with Crippen LogP contribution in [0.3, 0.4) is 0 Å². The highest BCUT2D eigenvalue weighted by Gasteiger charge is 2.67. The monoisotopic (exact) mass is 188 g/mol. The van der Waals surface area contributed by atoms with E-state index < -0.39 is 20.9 Å². The molecule has 0 aromatic rings. The number of hydrogen-bond acceptors (Lipinski definition) is 4. The molecule has 0 bridgehead atoms. The van der Waals surface area contributed by atoms with Gasteiger partial charge in [0.2, 0.25) is 0 Å². The van der Waals surface area contributed by atoms with E-state index >= 15 is 0 Å². The predicted octanol–water partition coefficient (Wildman–Crippen LogP) is 1.24. The van der Waals surface area contributed by atoms with Crippen molar-refractivity contribution in [1.29, 1.82) is 0 Å². The minimum absolute atomic E-state index is 0.289. The molecule has 1 saturated carbocycles. The zero-order chi connectivity index (χ0) is 10.3. The Balaban J connectivity index is 3.11. The van der Waals surface area contributed by atoms with Crippen molar-refractivity contribution in [3.63, 3.8) is 0 Å². The first-order chi connectivity index (χ1) is 5.84. The summed E-state index contributed by atoms with van der Waals surface area (Å²) in [6, 6.07) is 0. The first-order valence-corrected chi connectivity index (χ1v) is 4.13. The van der Waals surface area contributed by atoms with Gasteiger partial charge in [0.25, 0.3) is 11.1 Å². The van der Waals surface area contributed by atoms with Crippen molar-refractivity contribution in [2.24, 2.45) is 0 Å². The standard InChI is InChI=1S/C7H12N2O4/c1-6(8(10)11)4-3-5-7(6,2)9(12)13/h3-5H2,1-2H3/t6-,7+. The van der Waals surface area contributed by atoms with E-state index in [1.165, 1.54) is 13.8 Å². The lowest BCUT2D eigenvalue weighted by Gasteiger charge is -2.25. The first-order valence-electron chi connectivity index (χ1n) is 4.13. The minimum Gasteiger partial charge on any atom is -0.264 e. The first kappa shape index (κ1) is 9.88. The molecule has 6 heteroatoms. The third-order valence-corrected chi connectivity index (χ3v) is 3.29. The highest BCUT2D eigenvalue weighted by atomic mass is 16.6. The van der Waals surface area contributed by atoms with Gasteiger partial charge in [-0.3, -0.25) is 20.2 Å². The molecule has 1 rings (SSSR count). The van der Waals surface area contributed by atoms with Crippen molar-refractivity contribution in [3.8, 4) is 0 Å². The SMILES string of the molecule is C[C@@]1([N+](=O)[O-])CCC[C@]1(C)[N+](=O)[O-]. The maximum atomic E-state index is 10.7. The average Bonchev–Trinajstić information content (AvgIpc) is 2.31. The normalized spacial score (nSPS) is 38.9. The third-order valence-electron chi connectivity index (χ3n) is 3.29. The Kier molecular flexibility index (Phi) is 2.01. The molecule has 0 N–H and O–H groups in total. The largest absolute Gasteiger partial charge is 0.287 e. The zero-order valence-electron chi connectivity index (χ0n) is 7.65. The molecule has 0 aromatic heterocycles. The minimum atomic E-state index is -1.41. The number of nitrogens with zero attached hydrogens (tertiary/aromatic N) is 2. The van der Waals surface area contributed by atoms with Crippen molar-refractivity contribution in [2.75, 3.05) is 0 Å². The topological polar surface area (TPSA) is 86.3 Å². The van der Waals surface area contributed by atoms with Gasteiger partial charge in [-0.1, -0.05) is 0 Å². The molecule has 1 aliphatic carbocycles. The van der Waals surface area contributed by atoms with E-state index in [9.17, 15) is 20.2 Å². The quantitative estimate of drug-likeness (QED) is 0.481. The van der Waals surface area contributed by atoms with Crippen molar-refractivity contribution < 1.29 is 9.85 Å². The summed E-state index contributed by atoms with van der Waals surface area (Å²) >= 11 is 0. The van der Waals surface area contributed by atoms with Gasteiger partial charge >= 0.3 is 0 Å². The molecule has 0 amide bonds. The molecule has 0 radical (unpaired) electrons. The van der Waals surface area contributed by atoms with Crippen LogP contribution >= 0.6 is 0 Å². The molecule has 1 fully saturated rings. The van der Waals surface area contributed by atoms with Crippen LogP contribution in [-0.2, 0) is 0 Å². The summed E-state index contributed by atoms with van der Waals surface area (Å²) in [6.45, 7) is 2.73. The fraction of sp³-hybridized carbons (Fsp3) is 1.00. The van der Waals surface area contributed by atoms with Crippen LogP contribution in [0.25, 0.3) is 0 Å². The molecule has 0 heterocycles. The summed E-state index contributed by atoms with van der Waals surface area (Å²) in [4.78, 5) is 20.5. The van der Waals surface area contributed by atoms with Gasteiger partial charge < -0.3 is 0 Å². The fourth-order valence-corrected chi connectivity index (χ4v) is 1.89. The summed E-state index contributed by atoms with van der Waals surface area (Å²) in [5, 5.41) is 21.5. The molecule has 0 spiro atoms. The Bertz CT molecular complexity index is 241. The molecule has 2 atom stereocenters. The smallest absolute Gasteiger partial charge is 0.264 e. The van der Waals surface area contributed by atoms with Gasteiger partial charge in [0.15, 0.2) is 0 Å². The lowest BCUT2D eigenvalue weighted by Crippen LogP contribution is -2.55. The summed E-state index contributed by atoms with van der Waals surface area (Å²) < 4.78 is 0. The van der Waals surface area contributed by atoms with E-state index in [1.807, 2.05) is 0 Å². The summed E-state index contributed by atoms with van der Waals surface area (Å²) in [7, 11) is 0. The summed E-state index contributed by atoms with van der Waals surface area (Å²) in [5.74, 6) is 0. The van der Waals surface area contributed by atoms with Crippen LogP contribution in [0.15, 0.2) is 0 Å². The van der Waals surface area contributed by atoms with E-state index in [2.05, 4.69) is 0 Å². The van der Waals surface area contributed by atoms with Crippen molar-refractivity contribution >= 4 is 0 Å². The Morgan fingerprint density at radius 1 is 1.00 bits per heavy atom. The highest BCUT2D eigenvalue weighted by Crippen LogP contribution is 2.43. The number of rotatable bonds is 2. The third kappa shape index (κ3) is 1.08. The van der Waals surface area contributed by atoms with Crippen LogP contribution in [0.2, 0.25) is 0 Å². The van der Waals surface area contributed by atoms with Crippen molar-refractivity contribution in [2.45, 2.75) is 44.2 Å². The molecule has 0 aromatic carbocycles. The second-order valence-corrected chi connectivity index (χ2v) is 3.92. The van der Waals surface area contributed by atoms with Gasteiger partial charge in [-0.25, -0.2) is 0 Å². The summed E-state index contributed by atoms with van der Waals surface area (Å²) in [5.41, 5.74) is -2.81. The number of hydrogen-bond donors (Lipinski definition) is 0. The van der Waals surface area contributed by atoms with E-state index in [4.69, 9.17) is 0 Å². The summed E-state index contributed by atoms with van der Waals surface area (Å²) in [6.07, 6.45) is 1.13. The predicted molar refractivity (Wildman–Crippen MR) is 44.6 cm³/mol. The Morgan fingerprint density at radius 2 is 1.31 bits per heavy atom. The van der Waals surface area contributed by atoms with Gasteiger partial charge in [-0.05, 0) is 6.42 Å². The van der Waals surface area contributed by atoms with Gasteiger partial charge in [-0.2, -0.15) is 0 Å². The second kappa shape index (κ2) is 2.65. The Morgan fingerprint density at radius 3 is 1.54 bits per heavy atom. The van der Waals surface area contributed by atoms with Gasteiger partial charge in [0.05, 0.1) is 0 Å². The Labute approximate surface area is 75.2 Å². The molecule has 0 aliphatic heterocycles. The van der Waals surface area contributed by atoms with Crippen LogP contribution in [-0.4, -0.2) is 20.9 Å². The maximum absolute atomic E-state index is 10.7. The maximum Gasteiger partial charge on any atom is 0.287 e. The molecule has 1 aliphatic rings. The molecule has 0 saturated heterocycles. The van der Waals surface area contributed by atoms with Gasteiger partial charge in [-0.15, -0.1) is 0 Å². The lowest BCUT2D eigenvalue weighted by molar-refractivity contribution is -0.673. The van der Waals surface area contributed by atoms with Gasteiger partial charge in [0.1, 0.15) is 0 Å². The molecule has 0 unspecified atom stereocenters. The lowest BCUT2D eigenvalue weighted by atomic mass is 9.84. The van der Waals surface area contributed by atoms with Crippen molar-refractivity contribution in [1.82, 2.24) is 0 Å². The van der Waals surface area contributed by atoms with E-state index in [-0.39, 0.29) is 12.8 Å². The molecule has 74 valence electrons. The average molecular weight is 188 g/mol. The second-order valence-electron chi connectivity index (χ2n) is 3.92. The van der Waals surface area contributed by atoms with E-state index in [0.717, 1.165) is 0 Å². The zero-order valence-corrected chi connectivity index (χ0v) is 7.65. The van der Waals surface area contributed by atoms with Crippen LogP contribution in [0.1, 0.15) is 33.1 Å². The van der Waals surface area contributed by atoms with E-state index in [0.29, 0.717) is 6.42 Å². The van der Waals surface area contributed by atoms with E-state index in [1.54, 1.807) is 0 Å². The van der Waals surface area contributed by atoms with Crippen LogP contribution in [0.4, 0.5) is 0 Å². The highest BCUT2D eigenvalue weighted by molar-refractivity contribution is 5.00. The Hall–Kier alpha value is -1.20. The van der Waals surface area contributed by atoms with Crippen LogP contribution in [0.5, 0.6) is 0 Å².